The number of hydrogen-bond donors (Lipinski definition) is 1. The molecule has 1 atom stereocenters. The fraction of sp³-hybridized carbons (Fsp3) is 0.462. The number of fused-ring (bicyclic) bond motifs is 1. The summed E-state index contributed by atoms with van der Waals surface area (Å²) in [5, 5.41) is 9.40. The molecule has 1 N–H and O–H groups in total. The molecule has 0 fully saturated rings. The highest BCUT2D eigenvalue weighted by Gasteiger charge is 2.15. The van der Waals surface area contributed by atoms with Crippen molar-refractivity contribution in [3.05, 3.63) is 30.1 Å². The number of nitrogens with zero attached hydrogens (tertiary/aromatic N) is 2. The van der Waals surface area contributed by atoms with Crippen LogP contribution in [0.2, 0.25) is 0 Å². The molecule has 0 aliphatic heterocycles. The Morgan fingerprint density at radius 3 is 2.75 bits per heavy atom. The second-order valence-electron chi connectivity index (χ2n) is 4.64. The zero-order valence-electron chi connectivity index (χ0n) is 10.0. The van der Waals surface area contributed by atoms with Crippen LogP contribution in [0.25, 0.3) is 11.0 Å². The normalized spacial score (nSPS) is 13.6. The molecule has 0 aliphatic rings. The number of aliphatic hydroxyl groups is 1. The summed E-state index contributed by atoms with van der Waals surface area (Å²) in [4.78, 5) is 4.34. The van der Waals surface area contributed by atoms with Gasteiger partial charge in [-0.3, -0.25) is 0 Å². The summed E-state index contributed by atoms with van der Waals surface area (Å²) >= 11 is 0. The summed E-state index contributed by atoms with van der Waals surface area (Å²) in [5.41, 5.74) is 3.30. The number of rotatable bonds is 3. The molecular formula is C13H18N2O. The fourth-order valence-electron chi connectivity index (χ4n) is 2.08. The summed E-state index contributed by atoms with van der Waals surface area (Å²) < 4.78 is 2.00. The molecule has 0 bridgehead atoms. The van der Waals surface area contributed by atoms with Crippen molar-refractivity contribution in [3.8, 4) is 0 Å². The topological polar surface area (TPSA) is 38.1 Å². The standard InChI is InChI=1S/C13H18N2O/c1-9(2)11(7-16)10-4-5-13-12(6-10)14-8-15(13)3/h4-6,8-9,11,16H,7H2,1-3H3. The smallest absolute Gasteiger partial charge is 0.0955 e. The van der Waals surface area contributed by atoms with Gasteiger partial charge in [0, 0.05) is 13.0 Å². The Hall–Kier alpha value is -1.35. The Morgan fingerprint density at radius 1 is 1.38 bits per heavy atom. The minimum Gasteiger partial charge on any atom is -0.396 e. The van der Waals surface area contributed by atoms with Crippen molar-refractivity contribution in [3.63, 3.8) is 0 Å². The largest absolute Gasteiger partial charge is 0.396 e. The molecule has 0 saturated carbocycles. The highest BCUT2D eigenvalue weighted by atomic mass is 16.3. The van der Waals surface area contributed by atoms with E-state index in [4.69, 9.17) is 0 Å². The van der Waals surface area contributed by atoms with Crippen molar-refractivity contribution < 1.29 is 5.11 Å². The third kappa shape index (κ3) is 1.83. The average Bonchev–Trinajstić information content (AvgIpc) is 2.61. The van der Waals surface area contributed by atoms with Crippen molar-refractivity contribution in [2.24, 2.45) is 13.0 Å². The molecule has 16 heavy (non-hydrogen) atoms. The van der Waals surface area contributed by atoms with Crippen molar-refractivity contribution in [2.45, 2.75) is 19.8 Å². The monoisotopic (exact) mass is 218 g/mol. The van der Waals surface area contributed by atoms with E-state index in [9.17, 15) is 5.11 Å². The zero-order chi connectivity index (χ0) is 11.7. The molecule has 0 radical (unpaired) electrons. The van der Waals surface area contributed by atoms with E-state index >= 15 is 0 Å². The SMILES string of the molecule is CC(C)C(CO)c1ccc2c(c1)ncn2C. The fourth-order valence-corrected chi connectivity index (χ4v) is 2.08. The Morgan fingerprint density at radius 2 is 2.12 bits per heavy atom. The van der Waals surface area contributed by atoms with Gasteiger partial charge in [0.15, 0.2) is 0 Å². The van der Waals surface area contributed by atoms with Crippen LogP contribution in [0.15, 0.2) is 24.5 Å². The first-order chi connectivity index (χ1) is 7.63. The second kappa shape index (κ2) is 4.26. The van der Waals surface area contributed by atoms with E-state index in [1.54, 1.807) is 0 Å². The number of imidazole rings is 1. The van der Waals surface area contributed by atoms with Crippen molar-refractivity contribution in [1.82, 2.24) is 9.55 Å². The second-order valence-corrected chi connectivity index (χ2v) is 4.64. The highest BCUT2D eigenvalue weighted by Crippen LogP contribution is 2.26. The lowest BCUT2D eigenvalue weighted by molar-refractivity contribution is 0.237. The quantitative estimate of drug-likeness (QED) is 0.858. The van der Waals surface area contributed by atoms with E-state index in [-0.39, 0.29) is 12.5 Å². The summed E-state index contributed by atoms with van der Waals surface area (Å²) in [6.07, 6.45) is 1.82. The van der Waals surface area contributed by atoms with Gasteiger partial charge in [0.25, 0.3) is 0 Å². The number of aryl methyl sites for hydroxylation is 1. The van der Waals surface area contributed by atoms with Crippen LogP contribution in [0.4, 0.5) is 0 Å². The molecular weight excluding hydrogens is 200 g/mol. The molecule has 1 heterocycles. The molecule has 3 nitrogen and oxygen atoms in total. The van der Waals surface area contributed by atoms with E-state index in [2.05, 4.69) is 37.0 Å². The van der Waals surface area contributed by atoms with Crippen LogP contribution in [-0.2, 0) is 7.05 Å². The van der Waals surface area contributed by atoms with Crippen LogP contribution in [0.3, 0.4) is 0 Å². The molecule has 86 valence electrons. The van der Waals surface area contributed by atoms with Gasteiger partial charge in [-0.2, -0.15) is 0 Å². The number of hydrogen-bond acceptors (Lipinski definition) is 2. The third-order valence-corrected chi connectivity index (χ3v) is 3.18. The van der Waals surface area contributed by atoms with Gasteiger partial charge in [0.05, 0.1) is 24.0 Å². The Bertz CT molecular complexity index is 488. The van der Waals surface area contributed by atoms with E-state index in [1.807, 2.05) is 17.9 Å². The van der Waals surface area contributed by atoms with Crippen LogP contribution >= 0.6 is 0 Å². The first-order valence-electron chi connectivity index (χ1n) is 5.65. The third-order valence-electron chi connectivity index (χ3n) is 3.18. The Kier molecular flexibility index (Phi) is 2.97. The molecule has 0 saturated heterocycles. The highest BCUT2D eigenvalue weighted by molar-refractivity contribution is 5.76. The maximum atomic E-state index is 9.40. The molecule has 2 aromatic rings. The van der Waals surface area contributed by atoms with Crippen LogP contribution < -0.4 is 0 Å². The maximum Gasteiger partial charge on any atom is 0.0955 e. The van der Waals surface area contributed by atoms with E-state index in [0.29, 0.717) is 5.92 Å². The molecule has 1 aromatic heterocycles. The minimum absolute atomic E-state index is 0.190. The van der Waals surface area contributed by atoms with E-state index in [1.165, 1.54) is 5.56 Å². The summed E-state index contributed by atoms with van der Waals surface area (Å²) in [7, 11) is 1.99. The maximum absolute atomic E-state index is 9.40. The molecule has 0 aliphatic carbocycles. The van der Waals surface area contributed by atoms with Gasteiger partial charge in [0.2, 0.25) is 0 Å². The molecule has 0 amide bonds. The summed E-state index contributed by atoms with van der Waals surface area (Å²) in [6.45, 7) is 4.45. The van der Waals surface area contributed by atoms with Gasteiger partial charge < -0.3 is 9.67 Å². The van der Waals surface area contributed by atoms with E-state index in [0.717, 1.165) is 11.0 Å². The number of aliphatic hydroxyl groups excluding tert-OH is 1. The van der Waals surface area contributed by atoms with Crippen molar-refractivity contribution in [1.29, 1.82) is 0 Å². The van der Waals surface area contributed by atoms with Gasteiger partial charge in [-0.1, -0.05) is 19.9 Å². The van der Waals surface area contributed by atoms with Crippen LogP contribution in [-0.4, -0.2) is 21.3 Å². The van der Waals surface area contributed by atoms with Gasteiger partial charge in [-0.15, -0.1) is 0 Å². The summed E-state index contributed by atoms with van der Waals surface area (Å²) in [6, 6.07) is 6.24. The lowest BCUT2D eigenvalue weighted by Gasteiger charge is -2.18. The number of benzene rings is 1. The Balaban J connectivity index is 2.46. The predicted molar refractivity (Wildman–Crippen MR) is 65.4 cm³/mol. The lowest BCUT2D eigenvalue weighted by atomic mass is 9.89. The summed E-state index contributed by atoms with van der Waals surface area (Å²) in [5.74, 6) is 0.637. The lowest BCUT2D eigenvalue weighted by Crippen LogP contribution is -2.11. The molecule has 3 heteroatoms. The van der Waals surface area contributed by atoms with Gasteiger partial charge in [-0.05, 0) is 23.6 Å². The minimum atomic E-state index is 0.190. The first kappa shape index (κ1) is 11.1. The molecule has 0 spiro atoms. The average molecular weight is 218 g/mol. The van der Waals surface area contributed by atoms with Gasteiger partial charge in [0.1, 0.15) is 0 Å². The molecule has 1 aromatic carbocycles. The number of aromatic nitrogens is 2. The predicted octanol–water partition coefficient (Wildman–Crippen LogP) is 2.31. The van der Waals surface area contributed by atoms with Gasteiger partial charge in [-0.25, -0.2) is 4.98 Å². The van der Waals surface area contributed by atoms with Crippen molar-refractivity contribution >= 4 is 11.0 Å². The first-order valence-corrected chi connectivity index (χ1v) is 5.65. The van der Waals surface area contributed by atoms with Gasteiger partial charge >= 0.3 is 0 Å². The zero-order valence-corrected chi connectivity index (χ0v) is 10.0. The molecule has 2 rings (SSSR count). The van der Waals surface area contributed by atoms with Crippen LogP contribution in [0.1, 0.15) is 25.3 Å². The van der Waals surface area contributed by atoms with Crippen LogP contribution in [0.5, 0.6) is 0 Å². The van der Waals surface area contributed by atoms with E-state index < -0.39 is 0 Å². The molecule has 1 unspecified atom stereocenters. The Labute approximate surface area is 95.7 Å². The van der Waals surface area contributed by atoms with Crippen molar-refractivity contribution in [2.75, 3.05) is 6.61 Å². The van der Waals surface area contributed by atoms with Crippen LogP contribution in [0, 0.1) is 5.92 Å².